The van der Waals surface area contributed by atoms with Crippen LogP contribution in [0.5, 0.6) is 0 Å². The van der Waals surface area contributed by atoms with Crippen LogP contribution in [0.3, 0.4) is 0 Å². The monoisotopic (exact) mass is 314 g/mol. The van der Waals surface area contributed by atoms with Crippen LogP contribution in [0.4, 0.5) is 16.2 Å². The molecule has 1 atom stereocenters. The van der Waals surface area contributed by atoms with E-state index in [1.807, 2.05) is 20.8 Å². The van der Waals surface area contributed by atoms with Gasteiger partial charge in [0.25, 0.3) is 0 Å². The molecule has 0 saturated carbocycles. The molecule has 6 nitrogen and oxygen atoms in total. The summed E-state index contributed by atoms with van der Waals surface area (Å²) in [5.41, 5.74) is 6.75. The molecule has 0 bridgehead atoms. The number of nitrogens with two attached hydrogens (primary N) is 1. The Morgan fingerprint density at radius 3 is 2.14 bits per heavy atom. The summed E-state index contributed by atoms with van der Waals surface area (Å²) < 4.78 is 0. The zero-order chi connectivity index (χ0) is 15.3. The highest BCUT2D eigenvalue weighted by Gasteiger charge is 2.27. The number of anilines is 2. The van der Waals surface area contributed by atoms with E-state index in [2.05, 4.69) is 16.0 Å². The quantitative estimate of drug-likeness (QED) is 0.688. The van der Waals surface area contributed by atoms with E-state index < -0.39 is 6.04 Å². The van der Waals surface area contributed by atoms with Gasteiger partial charge in [-0.1, -0.05) is 26.8 Å². The van der Waals surface area contributed by atoms with Crippen LogP contribution in [-0.4, -0.2) is 25.0 Å². The Bertz CT molecular complexity index is 500. The Kier molecular flexibility index (Phi) is 7.18. The number of halogens is 1. The number of nitrogens with one attached hydrogen (secondary N) is 3. The number of amides is 3. The van der Waals surface area contributed by atoms with Crippen molar-refractivity contribution in [3.8, 4) is 0 Å². The molecule has 0 radical (unpaired) electrons. The highest BCUT2D eigenvalue weighted by molar-refractivity contribution is 5.96. The molecule has 3 amide bonds. The first kappa shape index (κ1) is 19.2. The van der Waals surface area contributed by atoms with Gasteiger partial charge in [0.15, 0.2) is 0 Å². The fourth-order valence-corrected chi connectivity index (χ4v) is 1.48. The van der Waals surface area contributed by atoms with Crippen LogP contribution in [0.15, 0.2) is 24.3 Å². The van der Waals surface area contributed by atoms with E-state index in [9.17, 15) is 9.59 Å². The Balaban J connectivity index is 0.00000400. The maximum atomic E-state index is 12.0. The van der Waals surface area contributed by atoms with Crippen LogP contribution < -0.4 is 21.7 Å². The van der Waals surface area contributed by atoms with Gasteiger partial charge in [-0.2, -0.15) is 0 Å². The minimum absolute atomic E-state index is 0. The van der Waals surface area contributed by atoms with Crippen molar-refractivity contribution in [1.82, 2.24) is 5.32 Å². The second-order valence-corrected chi connectivity index (χ2v) is 5.62. The predicted octanol–water partition coefficient (Wildman–Crippen LogP) is 2.17. The first-order valence-electron chi connectivity index (χ1n) is 6.39. The van der Waals surface area contributed by atoms with Crippen LogP contribution in [-0.2, 0) is 4.79 Å². The second kappa shape index (κ2) is 7.85. The number of carbonyl (C=O) groups is 2. The van der Waals surface area contributed by atoms with Gasteiger partial charge in [0.2, 0.25) is 5.91 Å². The Hall–Kier alpha value is -1.79. The van der Waals surface area contributed by atoms with Gasteiger partial charge in [-0.3, -0.25) is 4.79 Å². The molecule has 0 heterocycles. The highest BCUT2D eigenvalue weighted by atomic mass is 35.5. The van der Waals surface area contributed by atoms with Gasteiger partial charge in [-0.15, -0.1) is 12.4 Å². The topological polar surface area (TPSA) is 96.2 Å². The molecule has 0 fully saturated rings. The molecule has 1 rings (SSSR count). The molecule has 5 N–H and O–H groups in total. The van der Waals surface area contributed by atoms with E-state index >= 15 is 0 Å². The van der Waals surface area contributed by atoms with Crippen LogP contribution in [0.2, 0.25) is 0 Å². The van der Waals surface area contributed by atoms with Crippen molar-refractivity contribution in [1.29, 1.82) is 0 Å². The number of carbonyl (C=O) groups excluding carboxylic acids is 2. The zero-order valence-electron chi connectivity index (χ0n) is 12.7. The average molecular weight is 315 g/mol. The molecule has 0 aliphatic heterocycles. The van der Waals surface area contributed by atoms with Gasteiger partial charge in [0.1, 0.15) is 0 Å². The van der Waals surface area contributed by atoms with Crippen LogP contribution in [0.1, 0.15) is 20.8 Å². The third-order valence-corrected chi connectivity index (χ3v) is 2.83. The maximum Gasteiger partial charge on any atom is 0.318 e. The Morgan fingerprint density at radius 1 is 1.14 bits per heavy atom. The molecular weight excluding hydrogens is 292 g/mol. The molecule has 118 valence electrons. The standard InChI is InChI=1S/C14H22N4O2.ClH/c1-14(2,3)11(15)12(19)17-9-6-5-7-10(8-9)18-13(20)16-4;/h5-8,11H,15H2,1-4H3,(H,17,19)(H2,16,18,20);1H/t11-;/m1./s1. The largest absolute Gasteiger partial charge is 0.341 e. The van der Waals surface area contributed by atoms with Crippen molar-refractivity contribution in [2.45, 2.75) is 26.8 Å². The van der Waals surface area contributed by atoms with E-state index in [1.165, 1.54) is 7.05 Å². The summed E-state index contributed by atoms with van der Waals surface area (Å²) in [6.07, 6.45) is 0. The summed E-state index contributed by atoms with van der Waals surface area (Å²) in [6.45, 7) is 5.71. The molecule has 1 aromatic carbocycles. The lowest BCUT2D eigenvalue weighted by Crippen LogP contribution is -2.45. The van der Waals surface area contributed by atoms with Crippen molar-refractivity contribution >= 4 is 35.7 Å². The first-order valence-corrected chi connectivity index (χ1v) is 6.39. The molecule has 7 heteroatoms. The van der Waals surface area contributed by atoms with E-state index in [-0.39, 0.29) is 29.8 Å². The van der Waals surface area contributed by atoms with Crippen LogP contribution in [0.25, 0.3) is 0 Å². The van der Waals surface area contributed by atoms with Gasteiger partial charge in [0.05, 0.1) is 6.04 Å². The lowest BCUT2D eigenvalue weighted by molar-refractivity contribution is -0.119. The van der Waals surface area contributed by atoms with Crippen LogP contribution in [0, 0.1) is 5.41 Å². The molecule has 0 unspecified atom stereocenters. The molecule has 1 aromatic rings. The van der Waals surface area contributed by atoms with Crippen molar-refractivity contribution in [2.75, 3.05) is 17.7 Å². The summed E-state index contributed by atoms with van der Waals surface area (Å²) in [7, 11) is 1.53. The molecule has 0 aromatic heterocycles. The minimum atomic E-state index is -0.613. The van der Waals surface area contributed by atoms with E-state index in [1.54, 1.807) is 24.3 Å². The van der Waals surface area contributed by atoms with Gasteiger partial charge < -0.3 is 21.7 Å². The average Bonchev–Trinajstić information content (AvgIpc) is 2.36. The van der Waals surface area contributed by atoms with Crippen molar-refractivity contribution in [3.05, 3.63) is 24.3 Å². The SMILES string of the molecule is CNC(=O)Nc1cccc(NC(=O)[C@@H](N)C(C)(C)C)c1.Cl. The Morgan fingerprint density at radius 2 is 1.67 bits per heavy atom. The summed E-state index contributed by atoms with van der Waals surface area (Å²) >= 11 is 0. The maximum absolute atomic E-state index is 12.0. The molecule has 0 spiro atoms. The Labute approximate surface area is 131 Å². The fraction of sp³-hybridized carbons (Fsp3) is 0.429. The molecule has 21 heavy (non-hydrogen) atoms. The lowest BCUT2D eigenvalue weighted by Gasteiger charge is -2.25. The highest BCUT2D eigenvalue weighted by Crippen LogP contribution is 2.20. The summed E-state index contributed by atoms with van der Waals surface area (Å²) in [5.74, 6) is -0.255. The van der Waals surface area contributed by atoms with Crippen molar-refractivity contribution in [2.24, 2.45) is 11.1 Å². The molecular formula is C14H23ClN4O2. The molecule has 0 aliphatic rings. The second-order valence-electron chi connectivity index (χ2n) is 5.62. The van der Waals surface area contributed by atoms with Gasteiger partial charge >= 0.3 is 6.03 Å². The molecule has 0 aliphatic carbocycles. The summed E-state index contributed by atoms with van der Waals surface area (Å²) in [5, 5.41) is 7.83. The van der Waals surface area contributed by atoms with E-state index in [0.717, 1.165) is 0 Å². The lowest BCUT2D eigenvalue weighted by atomic mass is 9.87. The molecule has 0 saturated heterocycles. The smallest absolute Gasteiger partial charge is 0.318 e. The van der Waals surface area contributed by atoms with Gasteiger partial charge in [0, 0.05) is 18.4 Å². The third-order valence-electron chi connectivity index (χ3n) is 2.83. The number of benzene rings is 1. The number of hydrogen-bond donors (Lipinski definition) is 4. The first-order chi connectivity index (χ1) is 9.24. The predicted molar refractivity (Wildman–Crippen MR) is 87.8 cm³/mol. The normalized spacial score (nSPS) is 11.9. The fourth-order valence-electron chi connectivity index (χ4n) is 1.48. The number of hydrogen-bond acceptors (Lipinski definition) is 3. The zero-order valence-corrected chi connectivity index (χ0v) is 13.5. The van der Waals surface area contributed by atoms with E-state index in [0.29, 0.717) is 11.4 Å². The number of rotatable bonds is 3. The summed E-state index contributed by atoms with van der Waals surface area (Å²) in [4.78, 5) is 23.2. The van der Waals surface area contributed by atoms with Crippen molar-refractivity contribution < 1.29 is 9.59 Å². The summed E-state index contributed by atoms with van der Waals surface area (Å²) in [6, 6.07) is 5.95. The van der Waals surface area contributed by atoms with E-state index in [4.69, 9.17) is 5.73 Å². The number of urea groups is 1. The van der Waals surface area contributed by atoms with Gasteiger partial charge in [-0.25, -0.2) is 4.79 Å². The third kappa shape index (κ3) is 6.01. The minimum Gasteiger partial charge on any atom is -0.341 e. The van der Waals surface area contributed by atoms with Crippen LogP contribution >= 0.6 is 12.4 Å². The van der Waals surface area contributed by atoms with Crippen molar-refractivity contribution in [3.63, 3.8) is 0 Å². The van der Waals surface area contributed by atoms with Gasteiger partial charge in [-0.05, 0) is 23.6 Å².